The van der Waals surface area contributed by atoms with Gasteiger partial charge in [0.25, 0.3) is 0 Å². The Hall–Kier alpha value is -1.60. The predicted molar refractivity (Wildman–Crippen MR) is 70.5 cm³/mol. The van der Waals surface area contributed by atoms with Crippen LogP contribution in [-0.4, -0.2) is 30.7 Å². The van der Waals surface area contributed by atoms with Crippen LogP contribution in [0.1, 0.15) is 24.0 Å². The van der Waals surface area contributed by atoms with Crippen LogP contribution in [0.2, 0.25) is 0 Å². The van der Waals surface area contributed by atoms with Gasteiger partial charge in [-0.05, 0) is 36.5 Å². The van der Waals surface area contributed by atoms with Crippen LogP contribution in [0.25, 0.3) is 0 Å². The van der Waals surface area contributed by atoms with Gasteiger partial charge in [0.1, 0.15) is 5.82 Å². The Balaban J connectivity index is 1.92. The van der Waals surface area contributed by atoms with Crippen molar-refractivity contribution in [1.82, 2.24) is 10.3 Å². The quantitative estimate of drug-likeness (QED) is 0.848. The molecule has 4 heteroatoms. The van der Waals surface area contributed by atoms with Gasteiger partial charge in [0.05, 0.1) is 6.07 Å². The molecule has 1 aromatic rings. The number of aryl methyl sites for hydroxylation is 1. The fourth-order valence-corrected chi connectivity index (χ4v) is 3.07. The maximum Gasteiger partial charge on any atom is 0.132 e. The molecule has 3 heterocycles. The first-order valence-corrected chi connectivity index (χ1v) is 6.71. The molecule has 1 saturated heterocycles. The van der Waals surface area contributed by atoms with Crippen molar-refractivity contribution < 1.29 is 0 Å². The van der Waals surface area contributed by atoms with E-state index in [1.54, 1.807) is 0 Å². The molecule has 1 N–H and O–H groups in total. The van der Waals surface area contributed by atoms with Crippen molar-refractivity contribution >= 4 is 5.82 Å². The lowest BCUT2D eigenvalue weighted by molar-refractivity contribution is 0.435. The second kappa shape index (κ2) is 4.95. The highest BCUT2D eigenvalue weighted by molar-refractivity contribution is 5.54. The van der Waals surface area contributed by atoms with Crippen LogP contribution in [-0.2, 0) is 12.8 Å². The summed E-state index contributed by atoms with van der Waals surface area (Å²) in [6.45, 7) is 3.16. The number of rotatable bonds is 2. The van der Waals surface area contributed by atoms with Crippen LogP contribution in [0, 0.1) is 11.3 Å². The molecule has 0 spiro atoms. The summed E-state index contributed by atoms with van der Waals surface area (Å²) in [7, 11) is 0. The third-order valence-electron chi connectivity index (χ3n) is 3.99. The highest BCUT2D eigenvalue weighted by atomic mass is 15.3. The van der Waals surface area contributed by atoms with E-state index in [9.17, 15) is 0 Å². The third-order valence-corrected chi connectivity index (χ3v) is 3.99. The summed E-state index contributed by atoms with van der Waals surface area (Å²) in [5, 5.41) is 12.2. The van der Waals surface area contributed by atoms with E-state index in [0.717, 1.165) is 32.5 Å². The number of hydrogen-bond donors (Lipinski definition) is 1. The van der Waals surface area contributed by atoms with E-state index in [4.69, 9.17) is 5.26 Å². The minimum absolute atomic E-state index is 0.599. The van der Waals surface area contributed by atoms with Crippen molar-refractivity contribution in [2.24, 2.45) is 0 Å². The average molecular weight is 242 g/mol. The number of fused-ring (bicyclic) bond motifs is 3. The number of nitrogens with one attached hydrogen (secondary N) is 1. The molecule has 18 heavy (non-hydrogen) atoms. The molecule has 0 bridgehead atoms. The minimum atomic E-state index is 0.599. The minimum Gasteiger partial charge on any atom is -0.351 e. The van der Waals surface area contributed by atoms with E-state index in [0.29, 0.717) is 12.5 Å². The number of hydrogen-bond acceptors (Lipinski definition) is 4. The zero-order chi connectivity index (χ0) is 12.4. The summed E-state index contributed by atoms with van der Waals surface area (Å²) < 4.78 is 0. The molecule has 0 saturated carbocycles. The largest absolute Gasteiger partial charge is 0.351 e. The van der Waals surface area contributed by atoms with E-state index in [2.05, 4.69) is 27.3 Å². The molecule has 3 rings (SSSR count). The number of pyridine rings is 1. The molecular formula is C14H18N4. The maximum atomic E-state index is 8.73. The molecular weight excluding hydrogens is 224 g/mol. The highest BCUT2D eigenvalue weighted by Gasteiger charge is 2.30. The van der Waals surface area contributed by atoms with Gasteiger partial charge in [-0.15, -0.1) is 0 Å². The molecule has 0 aliphatic carbocycles. The van der Waals surface area contributed by atoms with Crippen LogP contribution >= 0.6 is 0 Å². The van der Waals surface area contributed by atoms with Gasteiger partial charge in [-0.1, -0.05) is 0 Å². The lowest BCUT2D eigenvalue weighted by atomic mass is 9.92. The summed E-state index contributed by atoms with van der Waals surface area (Å²) in [5.41, 5.74) is 2.70. The number of anilines is 1. The zero-order valence-corrected chi connectivity index (χ0v) is 10.5. The number of nitriles is 1. The molecule has 2 aliphatic rings. The van der Waals surface area contributed by atoms with Crippen molar-refractivity contribution in [3.05, 3.63) is 23.4 Å². The smallest absolute Gasteiger partial charge is 0.132 e. The molecule has 4 nitrogen and oxygen atoms in total. The Labute approximate surface area is 108 Å². The van der Waals surface area contributed by atoms with Crippen LogP contribution in [0.3, 0.4) is 0 Å². The molecule has 0 radical (unpaired) electrons. The highest BCUT2D eigenvalue weighted by Crippen LogP contribution is 2.31. The second-order valence-electron chi connectivity index (χ2n) is 5.02. The van der Waals surface area contributed by atoms with Gasteiger partial charge in [-0.3, -0.25) is 0 Å². The molecule has 1 aromatic heterocycles. The molecule has 0 unspecified atom stereocenters. The average Bonchev–Trinajstić information content (AvgIpc) is 2.44. The lowest BCUT2D eigenvalue weighted by Crippen LogP contribution is -2.53. The monoisotopic (exact) mass is 242 g/mol. The van der Waals surface area contributed by atoms with E-state index in [1.807, 2.05) is 6.20 Å². The fraction of sp³-hybridized carbons (Fsp3) is 0.571. The van der Waals surface area contributed by atoms with Crippen molar-refractivity contribution in [2.75, 3.05) is 24.5 Å². The Bertz CT molecular complexity index is 477. The van der Waals surface area contributed by atoms with Gasteiger partial charge >= 0.3 is 0 Å². The van der Waals surface area contributed by atoms with Crippen molar-refractivity contribution in [1.29, 1.82) is 5.26 Å². The maximum absolute atomic E-state index is 8.73. The first kappa shape index (κ1) is 11.5. The van der Waals surface area contributed by atoms with Crippen molar-refractivity contribution in [2.45, 2.75) is 31.7 Å². The second-order valence-corrected chi connectivity index (χ2v) is 5.02. The van der Waals surface area contributed by atoms with Gasteiger partial charge in [-0.25, -0.2) is 4.98 Å². The molecule has 0 aromatic carbocycles. The SMILES string of the molecule is N#CCCc1ccnc2c1CC[C@@H]1CNCCN21. The summed E-state index contributed by atoms with van der Waals surface area (Å²) in [6.07, 6.45) is 5.66. The van der Waals surface area contributed by atoms with E-state index in [-0.39, 0.29) is 0 Å². The van der Waals surface area contributed by atoms with Gasteiger partial charge in [-0.2, -0.15) is 5.26 Å². The van der Waals surface area contributed by atoms with Gasteiger partial charge < -0.3 is 10.2 Å². The standard InChI is InChI=1S/C14H18N4/c15-6-1-2-11-5-7-17-14-13(11)4-3-12-10-16-8-9-18(12)14/h5,7,12,16H,1-4,8-10H2/t12-/m1/s1. The fourth-order valence-electron chi connectivity index (χ4n) is 3.07. The lowest BCUT2D eigenvalue weighted by Gasteiger charge is -2.41. The first-order chi connectivity index (χ1) is 8.90. The third kappa shape index (κ3) is 1.95. The number of piperazine rings is 1. The van der Waals surface area contributed by atoms with Gasteiger partial charge in [0.2, 0.25) is 0 Å². The van der Waals surface area contributed by atoms with Crippen molar-refractivity contribution in [3.63, 3.8) is 0 Å². The summed E-state index contributed by atoms with van der Waals surface area (Å²) in [6, 6.07) is 4.92. The number of nitrogens with zero attached hydrogens (tertiary/aromatic N) is 3. The van der Waals surface area contributed by atoms with Crippen LogP contribution in [0.4, 0.5) is 5.82 Å². The van der Waals surface area contributed by atoms with Crippen LogP contribution < -0.4 is 10.2 Å². The summed E-state index contributed by atoms with van der Waals surface area (Å²) in [5.74, 6) is 1.17. The molecule has 1 fully saturated rings. The Kier molecular flexibility index (Phi) is 3.16. The van der Waals surface area contributed by atoms with Crippen LogP contribution in [0.5, 0.6) is 0 Å². The van der Waals surface area contributed by atoms with E-state index in [1.165, 1.54) is 23.4 Å². The van der Waals surface area contributed by atoms with E-state index < -0.39 is 0 Å². The first-order valence-electron chi connectivity index (χ1n) is 6.71. The van der Waals surface area contributed by atoms with Gasteiger partial charge in [0.15, 0.2) is 0 Å². The Morgan fingerprint density at radius 2 is 2.50 bits per heavy atom. The topological polar surface area (TPSA) is 52.0 Å². The predicted octanol–water partition coefficient (Wildman–Crippen LogP) is 1.26. The van der Waals surface area contributed by atoms with E-state index >= 15 is 0 Å². The van der Waals surface area contributed by atoms with Gasteiger partial charge in [0, 0.05) is 38.3 Å². The molecule has 2 aliphatic heterocycles. The van der Waals surface area contributed by atoms with Crippen molar-refractivity contribution in [3.8, 4) is 6.07 Å². The molecule has 1 atom stereocenters. The summed E-state index contributed by atoms with van der Waals surface area (Å²) >= 11 is 0. The van der Waals surface area contributed by atoms with Crippen LogP contribution in [0.15, 0.2) is 12.3 Å². The summed E-state index contributed by atoms with van der Waals surface area (Å²) in [4.78, 5) is 7.04. The Morgan fingerprint density at radius 1 is 1.56 bits per heavy atom. The molecule has 0 amide bonds. The normalized spacial score (nSPS) is 21.9. The Morgan fingerprint density at radius 3 is 3.39 bits per heavy atom. The zero-order valence-electron chi connectivity index (χ0n) is 10.5. The number of aromatic nitrogens is 1. The molecule has 94 valence electrons.